The minimum atomic E-state index is -0.495. The van der Waals surface area contributed by atoms with E-state index in [1.807, 2.05) is 12.1 Å². The second-order valence-electron chi connectivity index (χ2n) is 3.53. The van der Waals surface area contributed by atoms with Crippen LogP contribution in [0.15, 0.2) is 24.3 Å². The van der Waals surface area contributed by atoms with Gasteiger partial charge in [0.25, 0.3) is 0 Å². The van der Waals surface area contributed by atoms with Crippen LogP contribution in [0, 0.1) is 12.3 Å². The molecule has 0 aliphatic rings. The summed E-state index contributed by atoms with van der Waals surface area (Å²) < 4.78 is 0. The predicted octanol–water partition coefficient (Wildman–Crippen LogP) is 2.33. The number of hydrogen-bond acceptors (Lipinski definition) is 3. The number of rotatable bonds is 7. The first kappa shape index (κ1) is 14.4. The van der Waals surface area contributed by atoms with Crippen molar-refractivity contribution in [3.8, 4) is 12.3 Å². The van der Waals surface area contributed by atoms with Crippen molar-refractivity contribution in [3.05, 3.63) is 34.9 Å². The van der Waals surface area contributed by atoms with Gasteiger partial charge in [-0.25, -0.2) is 0 Å². The Morgan fingerprint density at radius 2 is 2.12 bits per heavy atom. The molecule has 1 unspecified atom stereocenters. The van der Waals surface area contributed by atoms with E-state index in [0.717, 1.165) is 23.6 Å². The van der Waals surface area contributed by atoms with Gasteiger partial charge in [-0.1, -0.05) is 29.7 Å². The monoisotopic (exact) mass is 269 g/mol. The number of halogens is 1. The van der Waals surface area contributed by atoms with Crippen LogP contribution >= 0.6 is 23.4 Å². The zero-order valence-electron chi connectivity index (χ0n) is 9.53. The Kier molecular flexibility index (Phi) is 7.14. The summed E-state index contributed by atoms with van der Waals surface area (Å²) >= 11 is 7.48. The van der Waals surface area contributed by atoms with E-state index in [1.54, 1.807) is 23.9 Å². The second-order valence-corrected chi connectivity index (χ2v) is 5.07. The average molecular weight is 270 g/mol. The molecule has 0 heterocycles. The lowest BCUT2D eigenvalue weighted by Gasteiger charge is -2.12. The summed E-state index contributed by atoms with van der Waals surface area (Å²) in [6.07, 6.45) is 4.64. The third kappa shape index (κ3) is 5.99. The zero-order chi connectivity index (χ0) is 12.5. The molecular weight excluding hydrogens is 254 g/mol. The van der Waals surface area contributed by atoms with Gasteiger partial charge >= 0.3 is 0 Å². The molecule has 0 saturated carbocycles. The third-order valence-corrected chi connectivity index (χ3v) is 3.32. The fourth-order valence-electron chi connectivity index (χ4n) is 1.32. The Morgan fingerprint density at radius 1 is 1.41 bits per heavy atom. The maximum Gasteiger partial charge on any atom is 0.0914 e. The molecule has 17 heavy (non-hydrogen) atoms. The first-order valence-corrected chi connectivity index (χ1v) is 6.92. The molecule has 0 saturated heterocycles. The van der Waals surface area contributed by atoms with Gasteiger partial charge in [-0.2, -0.15) is 0 Å². The fraction of sp³-hybridized carbons (Fsp3) is 0.385. The van der Waals surface area contributed by atoms with Gasteiger partial charge in [0.1, 0.15) is 0 Å². The van der Waals surface area contributed by atoms with Crippen molar-refractivity contribution >= 4 is 23.4 Å². The van der Waals surface area contributed by atoms with E-state index in [0.29, 0.717) is 11.6 Å². The van der Waals surface area contributed by atoms with Crippen molar-refractivity contribution in [3.63, 3.8) is 0 Å². The lowest BCUT2D eigenvalue weighted by Crippen LogP contribution is -2.23. The number of terminal acetylenes is 1. The minimum Gasteiger partial charge on any atom is -0.387 e. The van der Waals surface area contributed by atoms with Gasteiger partial charge in [-0.3, -0.25) is 0 Å². The zero-order valence-corrected chi connectivity index (χ0v) is 11.1. The second kappa shape index (κ2) is 8.43. The van der Waals surface area contributed by atoms with Crippen LogP contribution in [0.5, 0.6) is 0 Å². The van der Waals surface area contributed by atoms with Crippen molar-refractivity contribution in [1.29, 1.82) is 0 Å². The SMILES string of the molecule is C#CCSCCNCC(O)c1ccc(Cl)cc1. The van der Waals surface area contributed by atoms with Crippen LogP contribution in [-0.2, 0) is 0 Å². The van der Waals surface area contributed by atoms with Crippen LogP contribution in [-0.4, -0.2) is 29.7 Å². The smallest absolute Gasteiger partial charge is 0.0914 e. The third-order valence-electron chi connectivity index (χ3n) is 2.20. The molecule has 2 N–H and O–H groups in total. The van der Waals surface area contributed by atoms with Gasteiger partial charge < -0.3 is 10.4 Å². The van der Waals surface area contributed by atoms with E-state index >= 15 is 0 Å². The molecule has 1 rings (SSSR count). The summed E-state index contributed by atoms with van der Waals surface area (Å²) in [5.41, 5.74) is 0.873. The topological polar surface area (TPSA) is 32.3 Å². The number of thioether (sulfide) groups is 1. The Balaban J connectivity index is 2.19. The number of aliphatic hydroxyl groups excluding tert-OH is 1. The summed E-state index contributed by atoms with van der Waals surface area (Å²) in [7, 11) is 0. The number of benzene rings is 1. The normalized spacial score (nSPS) is 12.1. The largest absolute Gasteiger partial charge is 0.387 e. The van der Waals surface area contributed by atoms with Crippen molar-refractivity contribution in [2.45, 2.75) is 6.10 Å². The molecule has 0 fully saturated rings. The quantitative estimate of drug-likeness (QED) is 0.589. The summed E-state index contributed by atoms with van der Waals surface area (Å²) in [6.45, 7) is 1.38. The number of aliphatic hydroxyl groups is 1. The highest BCUT2D eigenvalue weighted by Gasteiger charge is 2.05. The van der Waals surface area contributed by atoms with Gasteiger partial charge in [0.05, 0.1) is 11.9 Å². The van der Waals surface area contributed by atoms with E-state index in [2.05, 4.69) is 11.2 Å². The number of nitrogens with one attached hydrogen (secondary N) is 1. The van der Waals surface area contributed by atoms with Gasteiger partial charge in [0, 0.05) is 23.9 Å². The molecule has 1 atom stereocenters. The van der Waals surface area contributed by atoms with Gasteiger partial charge in [0.15, 0.2) is 0 Å². The molecule has 0 amide bonds. The van der Waals surface area contributed by atoms with E-state index < -0.39 is 6.10 Å². The highest BCUT2D eigenvalue weighted by Crippen LogP contribution is 2.15. The van der Waals surface area contributed by atoms with Crippen LogP contribution in [0.2, 0.25) is 5.02 Å². The van der Waals surface area contributed by atoms with E-state index in [9.17, 15) is 5.11 Å². The molecule has 0 aliphatic carbocycles. The summed E-state index contributed by atoms with van der Waals surface area (Å²) in [5.74, 6) is 4.27. The first-order chi connectivity index (χ1) is 8.24. The van der Waals surface area contributed by atoms with Crippen LogP contribution in [0.4, 0.5) is 0 Å². The van der Waals surface area contributed by atoms with E-state index in [1.165, 1.54) is 0 Å². The molecule has 0 aliphatic heterocycles. The van der Waals surface area contributed by atoms with Gasteiger partial charge in [-0.15, -0.1) is 18.2 Å². The standard InChI is InChI=1S/C13H16ClNOS/c1-2-8-17-9-7-15-10-13(16)11-3-5-12(14)6-4-11/h1,3-6,13,15-16H,7-10H2. The number of hydrogen-bond donors (Lipinski definition) is 2. The lowest BCUT2D eigenvalue weighted by molar-refractivity contribution is 0.176. The maximum absolute atomic E-state index is 9.87. The van der Waals surface area contributed by atoms with Crippen LogP contribution in [0.25, 0.3) is 0 Å². The molecule has 2 nitrogen and oxygen atoms in total. The Hall–Kier alpha value is -0.660. The first-order valence-electron chi connectivity index (χ1n) is 5.39. The van der Waals surface area contributed by atoms with Gasteiger partial charge in [-0.05, 0) is 17.7 Å². The molecule has 0 aromatic heterocycles. The highest BCUT2D eigenvalue weighted by atomic mass is 35.5. The summed E-state index contributed by atoms with van der Waals surface area (Å²) in [4.78, 5) is 0. The molecule has 4 heteroatoms. The van der Waals surface area contributed by atoms with Crippen molar-refractivity contribution in [2.75, 3.05) is 24.6 Å². The minimum absolute atomic E-state index is 0.495. The molecular formula is C13H16ClNOS. The Bertz CT molecular complexity index is 361. The van der Waals surface area contributed by atoms with Gasteiger partial charge in [0.2, 0.25) is 0 Å². The van der Waals surface area contributed by atoms with Crippen LogP contribution < -0.4 is 5.32 Å². The highest BCUT2D eigenvalue weighted by molar-refractivity contribution is 7.99. The molecule has 1 aromatic carbocycles. The summed E-state index contributed by atoms with van der Waals surface area (Å²) in [6, 6.07) is 7.23. The van der Waals surface area contributed by atoms with E-state index in [4.69, 9.17) is 18.0 Å². The van der Waals surface area contributed by atoms with Crippen LogP contribution in [0.1, 0.15) is 11.7 Å². The van der Waals surface area contributed by atoms with E-state index in [-0.39, 0.29) is 0 Å². The molecule has 92 valence electrons. The average Bonchev–Trinajstić information content (AvgIpc) is 2.34. The predicted molar refractivity (Wildman–Crippen MR) is 75.4 cm³/mol. The summed E-state index contributed by atoms with van der Waals surface area (Å²) in [5, 5.41) is 13.7. The molecule has 0 spiro atoms. The molecule has 0 bridgehead atoms. The van der Waals surface area contributed by atoms with Crippen molar-refractivity contribution in [2.24, 2.45) is 0 Å². The Morgan fingerprint density at radius 3 is 2.76 bits per heavy atom. The maximum atomic E-state index is 9.87. The molecule has 1 aromatic rings. The molecule has 0 radical (unpaired) electrons. The Labute approximate surface area is 112 Å². The lowest BCUT2D eigenvalue weighted by atomic mass is 10.1. The van der Waals surface area contributed by atoms with Crippen LogP contribution in [0.3, 0.4) is 0 Å². The fourth-order valence-corrected chi connectivity index (χ4v) is 1.99. The van der Waals surface area contributed by atoms with Crippen molar-refractivity contribution < 1.29 is 5.11 Å². The van der Waals surface area contributed by atoms with Crippen molar-refractivity contribution in [1.82, 2.24) is 5.32 Å².